The summed E-state index contributed by atoms with van der Waals surface area (Å²) in [6, 6.07) is 6.73. The molecule has 1 aromatic rings. The molecule has 1 N–H and O–H groups in total. The van der Waals surface area contributed by atoms with E-state index in [1.807, 2.05) is 13.8 Å². The molecule has 2 rings (SSSR count). The van der Waals surface area contributed by atoms with Gasteiger partial charge in [-0.05, 0) is 70.1 Å². The minimum Gasteiger partial charge on any atom is -0.496 e. The second-order valence-corrected chi connectivity index (χ2v) is 8.98. The molecule has 0 saturated heterocycles. The Labute approximate surface area is 165 Å². The van der Waals surface area contributed by atoms with Crippen LogP contribution in [-0.2, 0) is 15.8 Å². The third-order valence-electron chi connectivity index (χ3n) is 5.47. The summed E-state index contributed by atoms with van der Waals surface area (Å²) < 4.78 is 11.7. The van der Waals surface area contributed by atoms with Gasteiger partial charge in [0.1, 0.15) is 5.76 Å². The van der Waals surface area contributed by atoms with Gasteiger partial charge in [0.15, 0.2) is 0 Å². The van der Waals surface area contributed by atoms with E-state index in [0.717, 1.165) is 30.5 Å². The Bertz CT molecular complexity index is 709. The smallest absolute Gasteiger partial charge is 0.309 e. The lowest BCUT2D eigenvalue weighted by Crippen LogP contribution is -2.49. The number of hydrogen-bond acceptors (Lipinski definition) is 3. The molecule has 0 unspecified atom stereocenters. The van der Waals surface area contributed by atoms with Crippen LogP contribution in [0.5, 0.6) is 0 Å². The molecular formula is C23H35BO3. The standard InChI is InChI=1S/C23H35BO3/c1-16(2)12-17-13-18(20-10-8-9-11-21(20)26-7)15-19(14-17)24-27-23(5,6)22(3,4)25/h9,11,13-16,24-25H,8,10,12H2,1-7H3. The molecule has 0 saturated carbocycles. The van der Waals surface area contributed by atoms with Crippen molar-refractivity contribution in [2.75, 3.05) is 7.11 Å². The summed E-state index contributed by atoms with van der Waals surface area (Å²) in [7, 11) is 2.21. The van der Waals surface area contributed by atoms with E-state index in [4.69, 9.17) is 9.39 Å². The molecule has 0 radical (unpaired) electrons. The molecule has 0 atom stereocenters. The van der Waals surface area contributed by atoms with Crippen LogP contribution in [0.4, 0.5) is 0 Å². The Balaban J connectivity index is 2.37. The van der Waals surface area contributed by atoms with Crippen molar-refractivity contribution in [3.05, 3.63) is 47.2 Å². The van der Waals surface area contributed by atoms with Gasteiger partial charge >= 0.3 is 7.48 Å². The first-order chi connectivity index (χ1) is 12.5. The van der Waals surface area contributed by atoms with Crippen LogP contribution in [0.1, 0.15) is 65.5 Å². The predicted octanol–water partition coefficient (Wildman–Crippen LogP) is 4.14. The molecule has 3 nitrogen and oxygen atoms in total. The number of rotatable bonds is 8. The van der Waals surface area contributed by atoms with Gasteiger partial charge < -0.3 is 14.5 Å². The van der Waals surface area contributed by atoms with Crippen LogP contribution < -0.4 is 5.46 Å². The van der Waals surface area contributed by atoms with Crippen molar-refractivity contribution in [1.82, 2.24) is 0 Å². The van der Waals surface area contributed by atoms with Crippen molar-refractivity contribution in [3.8, 4) is 0 Å². The molecule has 1 aliphatic rings. The lowest BCUT2D eigenvalue weighted by atomic mass is 9.79. The topological polar surface area (TPSA) is 38.7 Å². The molecule has 0 aromatic heterocycles. The van der Waals surface area contributed by atoms with Crippen LogP contribution in [0.25, 0.3) is 5.57 Å². The summed E-state index contributed by atoms with van der Waals surface area (Å²) in [5.74, 6) is 1.54. The fourth-order valence-corrected chi connectivity index (χ4v) is 3.17. The van der Waals surface area contributed by atoms with E-state index in [1.54, 1.807) is 21.0 Å². The molecule has 0 fully saturated rings. The van der Waals surface area contributed by atoms with Gasteiger partial charge in [0.05, 0.1) is 18.3 Å². The molecule has 0 bridgehead atoms. The predicted molar refractivity (Wildman–Crippen MR) is 116 cm³/mol. The summed E-state index contributed by atoms with van der Waals surface area (Å²) >= 11 is 0. The van der Waals surface area contributed by atoms with Gasteiger partial charge in [-0.2, -0.15) is 0 Å². The van der Waals surface area contributed by atoms with Crippen molar-refractivity contribution < 1.29 is 14.5 Å². The molecular weight excluding hydrogens is 335 g/mol. The van der Waals surface area contributed by atoms with Gasteiger partial charge in [-0.3, -0.25) is 0 Å². The van der Waals surface area contributed by atoms with Gasteiger partial charge in [-0.25, -0.2) is 0 Å². The lowest BCUT2D eigenvalue weighted by Gasteiger charge is -2.37. The summed E-state index contributed by atoms with van der Waals surface area (Å²) in [6.07, 6.45) is 7.29. The number of allylic oxidation sites excluding steroid dienone is 3. The monoisotopic (exact) mass is 370 g/mol. The molecule has 148 valence electrons. The average molecular weight is 370 g/mol. The maximum Gasteiger partial charge on any atom is 0.309 e. The first-order valence-corrected chi connectivity index (χ1v) is 9.96. The number of hydrogen-bond donors (Lipinski definition) is 1. The number of methoxy groups -OCH3 is 1. The molecule has 4 heteroatoms. The Morgan fingerprint density at radius 3 is 2.44 bits per heavy atom. The number of benzene rings is 1. The van der Waals surface area contributed by atoms with E-state index < -0.39 is 11.2 Å². The molecule has 0 aliphatic heterocycles. The van der Waals surface area contributed by atoms with E-state index in [9.17, 15) is 5.11 Å². The van der Waals surface area contributed by atoms with Crippen molar-refractivity contribution >= 4 is 18.5 Å². The molecule has 27 heavy (non-hydrogen) atoms. The zero-order valence-corrected chi connectivity index (χ0v) is 18.1. The fourth-order valence-electron chi connectivity index (χ4n) is 3.17. The highest BCUT2D eigenvalue weighted by Gasteiger charge is 2.35. The van der Waals surface area contributed by atoms with Crippen molar-refractivity contribution in [1.29, 1.82) is 0 Å². The third kappa shape index (κ3) is 5.73. The molecule has 1 aromatic carbocycles. The highest BCUT2D eigenvalue weighted by Crippen LogP contribution is 2.30. The van der Waals surface area contributed by atoms with E-state index in [0.29, 0.717) is 13.4 Å². The molecule has 0 amide bonds. The van der Waals surface area contributed by atoms with Crippen molar-refractivity contribution in [2.24, 2.45) is 5.92 Å². The Kier molecular flexibility index (Phi) is 6.99. The zero-order chi connectivity index (χ0) is 20.2. The Morgan fingerprint density at radius 2 is 1.85 bits per heavy atom. The van der Waals surface area contributed by atoms with Gasteiger partial charge in [0.2, 0.25) is 0 Å². The SMILES string of the molecule is COC1=C(c2cc(BOC(C)(C)C(C)(C)O)cc(CC(C)C)c2)CCC=C1. The van der Waals surface area contributed by atoms with Crippen LogP contribution in [0.2, 0.25) is 0 Å². The summed E-state index contributed by atoms with van der Waals surface area (Å²) in [5, 5.41) is 10.4. The molecule has 1 aliphatic carbocycles. The van der Waals surface area contributed by atoms with Crippen LogP contribution in [0.15, 0.2) is 36.1 Å². The zero-order valence-electron chi connectivity index (χ0n) is 18.1. The summed E-state index contributed by atoms with van der Waals surface area (Å²) in [6.45, 7) is 11.9. The lowest BCUT2D eigenvalue weighted by molar-refractivity contribution is -0.0893. The highest BCUT2D eigenvalue weighted by molar-refractivity contribution is 6.47. The maximum atomic E-state index is 10.4. The minimum atomic E-state index is -0.911. The maximum absolute atomic E-state index is 10.4. The van der Waals surface area contributed by atoms with Gasteiger partial charge in [-0.15, -0.1) is 0 Å². The van der Waals surface area contributed by atoms with Crippen molar-refractivity contribution in [3.63, 3.8) is 0 Å². The highest BCUT2D eigenvalue weighted by atomic mass is 16.5. The van der Waals surface area contributed by atoms with E-state index in [-0.39, 0.29) is 0 Å². The third-order valence-corrected chi connectivity index (χ3v) is 5.47. The quantitative estimate of drug-likeness (QED) is 0.699. The van der Waals surface area contributed by atoms with Crippen LogP contribution >= 0.6 is 0 Å². The van der Waals surface area contributed by atoms with E-state index in [2.05, 4.69) is 44.2 Å². The van der Waals surface area contributed by atoms with Crippen LogP contribution in [0, 0.1) is 5.92 Å². The second-order valence-electron chi connectivity index (χ2n) is 8.98. The number of aliphatic hydroxyl groups is 1. The summed E-state index contributed by atoms with van der Waals surface area (Å²) in [5.41, 5.74) is 3.39. The number of ether oxygens (including phenoxy) is 1. The Hall–Kier alpha value is -1.52. The first kappa shape index (κ1) is 21.8. The second kappa shape index (κ2) is 8.66. The van der Waals surface area contributed by atoms with Gasteiger partial charge in [0.25, 0.3) is 0 Å². The van der Waals surface area contributed by atoms with Gasteiger partial charge in [-0.1, -0.05) is 43.6 Å². The average Bonchev–Trinajstić information content (AvgIpc) is 2.58. The van der Waals surface area contributed by atoms with Crippen LogP contribution in [0.3, 0.4) is 0 Å². The van der Waals surface area contributed by atoms with Crippen LogP contribution in [-0.4, -0.2) is 30.9 Å². The largest absolute Gasteiger partial charge is 0.496 e. The van der Waals surface area contributed by atoms with E-state index in [1.165, 1.54) is 16.7 Å². The first-order valence-electron chi connectivity index (χ1n) is 9.96. The fraction of sp³-hybridized carbons (Fsp3) is 0.565. The van der Waals surface area contributed by atoms with E-state index >= 15 is 0 Å². The Morgan fingerprint density at radius 1 is 1.15 bits per heavy atom. The van der Waals surface area contributed by atoms with Gasteiger partial charge in [0, 0.05) is 5.57 Å². The molecule has 0 spiro atoms. The summed E-state index contributed by atoms with van der Waals surface area (Å²) in [4.78, 5) is 0. The minimum absolute atomic E-state index is 0.474. The molecule has 0 heterocycles. The normalized spacial score (nSPS) is 15.4. The van der Waals surface area contributed by atoms with Crippen molar-refractivity contribution in [2.45, 2.75) is 72.0 Å².